The number of nitrogens with one attached hydrogen (secondary N) is 1. The van der Waals surface area contributed by atoms with Gasteiger partial charge in [0, 0.05) is 24.2 Å². The second-order valence-corrected chi connectivity index (χ2v) is 9.52. The van der Waals surface area contributed by atoms with Crippen molar-refractivity contribution in [2.75, 3.05) is 24.2 Å². The van der Waals surface area contributed by atoms with Crippen LogP contribution in [0.25, 0.3) is 21.9 Å². The van der Waals surface area contributed by atoms with Gasteiger partial charge in [-0.15, -0.1) is 0 Å². The lowest BCUT2D eigenvalue weighted by Gasteiger charge is -2.12. The van der Waals surface area contributed by atoms with Gasteiger partial charge in [-0.05, 0) is 50.1 Å². The van der Waals surface area contributed by atoms with Crippen molar-refractivity contribution in [3.63, 3.8) is 0 Å². The summed E-state index contributed by atoms with van der Waals surface area (Å²) in [6.45, 7) is 3.59. The first-order chi connectivity index (χ1) is 16.0. The average Bonchev–Trinajstić information content (AvgIpc) is 3.18. The number of hydrogen-bond acceptors (Lipinski definition) is 6. The molecule has 0 amide bonds. The summed E-state index contributed by atoms with van der Waals surface area (Å²) in [6, 6.07) is 14.8. The quantitative estimate of drug-likeness (QED) is 0.329. The van der Waals surface area contributed by atoms with Crippen LogP contribution in [0.5, 0.6) is 5.75 Å². The number of unbranched alkanes of at least 4 members (excludes halogenated alkanes) is 1. The summed E-state index contributed by atoms with van der Waals surface area (Å²) in [5.74, 6) is 1.54. The lowest BCUT2D eigenvalue weighted by Crippen LogP contribution is -2.17. The van der Waals surface area contributed by atoms with Crippen LogP contribution in [0, 0.1) is 0 Å². The van der Waals surface area contributed by atoms with Gasteiger partial charge in [0.1, 0.15) is 23.7 Å². The van der Waals surface area contributed by atoms with E-state index in [1.807, 2.05) is 31.2 Å². The van der Waals surface area contributed by atoms with E-state index in [1.165, 1.54) is 0 Å². The molecule has 0 bridgehead atoms. The molecule has 2 heterocycles. The molecule has 2 aromatic heterocycles. The Labute approximate surface area is 193 Å². The van der Waals surface area contributed by atoms with Gasteiger partial charge < -0.3 is 14.0 Å². The number of para-hydroxylation sites is 1. The Kier molecular flexibility index (Phi) is 7.10. The van der Waals surface area contributed by atoms with Crippen LogP contribution in [-0.4, -0.2) is 42.4 Å². The normalized spacial score (nSPS) is 11.8. The largest absolute Gasteiger partial charge is 0.497 e. The van der Waals surface area contributed by atoms with Crippen LogP contribution in [0.4, 0.5) is 5.69 Å². The fraction of sp³-hybridized carbons (Fsp3) is 0.333. The Balaban J connectivity index is 1.47. The Morgan fingerprint density at radius 1 is 1.03 bits per heavy atom. The molecule has 0 radical (unpaired) electrons. The van der Waals surface area contributed by atoms with E-state index in [1.54, 1.807) is 37.6 Å². The summed E-state index contributed by atoms with van der Waals surface area (Å²) >= 11 is 0. The first-order valence-electron chi connectivity index (χ1n) is 11.0. The van der Waals surface area contributed by atoms with Crippen molar-refractivity contribution in [1.82, 2.24) is 14.5 Å². The maximum atomic E-state index is 12.5. The minimum Gasteiger partial charge on any atom is -0.497 e. The van der Waals surface area contributed by atoms with Gasteiger partial charge in [-0.2, -0.15) is 0 Å². The van der Waals surface area contributed by atoms with Crippen molar-refractivity contribution < 1.29 is 17.9 Å². The molecule has 0 aliphatic heterocycles. The number of rotatable bonds is 11. The number of aryl methyl sites for hydroxylation is 1. The molecule has 2 aromatic carbocycles. The summed E-state index contributed by atoms with van der Waals surface area (Å²) in [6.07, 6.45) is 2.99. The minimum atomic E-state index is -3.45. The average molecular weight is 469 g/mol. The standard InChI is InChI=1S/C24H28N4O4S/c1-3-32-17-23-26-22-16-25-21-9-5-4-8-20(21)24(22)28(23)14-6-7-15-33(29,30)27-18-10-12-19(31-2)13-11-18/h4-5,8-13,16,27H,3,6-7,14-15,17H2,1-2H3. The van der Waals surface area contributed by atoms with Crippen molar-refractivity contribution in [1.29, 1.82) is 0 Å². The number of anilines is 1. The molecule has 174 valence electrons. The van der Waals surface area contributed by atoms with E-state index in [0.717, 1.165) is 27.8 Å². The molecule has 4 rings (SSSR count). The molecule has 1 N–H and O–H groups in total. The predicted molar refractivity (Wildman–Crippen MR) is 130 cm³/mol. The maximum absolute atomic E-state index is 12.5. The highest BCUT2D eigenvalue weighted by molar-refractivity contribution is 7.92. The first kappa shape index (κ1) is 23.0. The number of nitrogens with zero attached hydrogens (tertiary/aromatic N) is 3. The smallest absolute Gasteiger partial charge is 0.232 e. The Bertz CT molecular complexity index is 1330. The molecule has 0 atom stereocenters. The van der Waals surface area contributed by atoms with Crippen LogP contribution in [-0.2, 0) is 27.9 Å². The highest BCUT2D eigenvalue weighted by Gasteiger charge is 2.15. The third kappa shape index (κ3) is 5.43. The zero-order chi connectivity index (χ0) is 23.3. The maximum Gasteiger partial charge on any atom is 0.232 e. The molecule has 33 heavy (non-hydrogen) atoms. The van der Waals surface area contributed by atoms with Gasteiger partial charge in [-0.25, -0.2) is 13.4 Å². The molecule has 0 spiro atoms. The molecule has 0 aliphatic carbocycles. The highest BCUT2D eigenvalue weighted by atomic mass is 32.2. The summed E-state index contributed by atoms with van der Waals surface area (Å²) in [7, 11) is -1.88. The molecular formula is C24H28N4O4S. The Morgan fingerprint density at radius 2 is 1.82 bits per heavy atom. The fourth-order valence-corrected chi connectivity index (χ4v) is 4.99. The molecular weight excluding hydrogens is 440 g/mol. The molecule has 0 saturated carbocycles. The van der Waals surface area contributed by atoms with Crippen LogP contribution < -0.4 is 9.46 Å². The van der Waals surface area contributed by atoms with Crippen molar-refractivity contribution in [3.8, 4) is 5.75 Å². The van der Waals surface area contributed by atoms with Gasteiger partial charge in [0.2, 0.25) is 10.0 Å². The summed E-state index contributed by atoms with van der Waals surface area (Å²) < 4.78 is 40.5. The second-order valence-electron chi connectivity index (χ2n) is 7.68. The van der Waals surface area contributed by atoms with Gasteiger partial charge in [-0.1, -0.05) is 18.2 Å². The first-order valence-corrected chi connectivity index (χ1v) is 12.6. The number of hydrogen-bond donors (Lipinski definition) is 1. The molecule has 0 fully saturated rings. The van der Waals surface area contributed by atoms with Gasteiger partial charge in [0.15, 0.2) is 0 Å². The number of benzene rings is 2. The topological polar surface area (TPSA) is 95.3 Å². The third-order valence-electron chi connectivity index (χ3n) is 5.40. The lowest BCUT2D eigenvalue weighted by molar-refractivity contribution is 0.126. The molecule has 0 saturated heterocycles. The minimum absolute atomic E-state index is 0.0365. The van der Waals surface area contributed by atoms with E-state index < -0.39 is 10.0 Å². The summed E-state index contributed by atoms with van der Waals surface area (Å²) in [5, 5.41) is 1.03. The third-order valence-corrected chi connectivity index (χ3v) is 6.77. The van der Waals surface area contributed by atoms with Crippen molar-refractivity contribution in [3.05, 3.63) is 60.6 Å². The predicted octanol–water partition coefficient (Wildman–Crippen LogP) is 4.35. The zero-order valence-corrected chi connectivity index (χ0v) is 19.6. The van der Waals surface area contributed by atoms with Crippen LogP contribution in [0.3, 0.4) is 0 Å². The zero-order valence-electron chi connectivity index (χ0n) is 18.8. The molecule has 8 nitrogen and oxygen atoms in total. The van der Waals surface area contributed by atoms with Gasteiger partial charge in [-0.3, -0.25) is 9.71 Å². The number of methoxy groups -OCH3 is 1. The monoisotopic (exact) mass is 468 g/mol. The number of ether oxygens (including phenoxy) is 2. The number of aromatic nitrogens is 3. The van der Waals surface area contributed by atoms with Crippen molar-refractivity contribution in [2.45, 2.75) is 32.9 Å². The number of sulfonamides is 1. The molecule has 4 aromatic rings. The second kappa shape index (κ2) is 10.2. The van der Waals surface area contributed by atoms with E-state index >= 15 is 0 Å². The molecule has 9 heteroatoms. The van der Waals surface area contributed by atoms with Crippen LogP contribution in [0.2, 0.25) is 0 Å². The van der Waals surface area contributed by atoms with E-state index in [2.05, 4.69) is 14.3 Å². The fourth-order valence-electron chi connectivity index (χ4n) is 3.81. The summed E-state index contributed by atoms with van der Waals surface area (Å²) in [4.78, 5) is 9.24. The van der Waals surface area contributed by atoms with Crippen LogP contribution in [0.15, 0.2) is 54.7 Å². The van der Waals surface area contributed by atoms with E-state index in [0.29, 0.717) is 44.0 Å². The highest BCUT2D eigenvalue weighted by Crippen LogP contribution is 2.25. The molecule has 0 aliphatic rings. The number of fused-ring (bicyclic) bond motifs is 3. The van der Waals surface area contributed by atoms with Gasteiger partial charge >= 0.3 is 0 Å². The van der Waals surface area contributed by atoms with E-state index in [4.69, 9.17) is 14.5 Å². The molecule has 0 unspecified atom stereocenters. The van der Waals surface area contributed by atoms with E-state index in [-0.39, 0.29) is 5.75 Å². The van der Waals surface area contributed by atoms with Gasteiger partial charge in [0.05, 0.1) is 30.1 Å². The Hall–Kier alpha value is -3.17. The van der Waals surface area contributed by atoms with Crippen LogP contribution in [0.1, 0.15) is 25.6 Å². The van der Waals surface area contributed by atoms with Crippen molar-refractivity contribution >= 4 is 37.6 Å². The van der Waals surface area contributed by atoms with Crippen molar-refractivity contribution in [2.24, 2.45) is 0 Å². The van der Waals surface area contributed by atoms with Crippen LogP contribution >= 0.6 is 0 Å². The van der Waals surface area contributed by atoms with E-state index in [9.17, 15) is 8.42 Å². The van der Waals surface area contributed by atoms with Gasteiger partial charge in [0.25, 0.3) is 0 Å². The lowest BCUT2D eigenvalue weighted by atomic mass is 10.2. The number of pyridine rings is 1. The summed E-state index contributed by atoms with van der Waals surface area (Å²) in [5.41, 5.74) is 3.25. The SMILES string of the molecule is CCOCc1nc2cnc3ccccc3c2n1CCCCS(=O)(=O)Nc1ccc(OC)cc1. The Morgan fingerprint density at radius 3 is 2.58 bits per heavy atom. The number of imidazole rings is 1.